The summed E-state index contributed by atoms with van der Waals surface area (Å²) in [5, 5.41) is 3.30. The van der Waals surface area contributed by atoms with Crippen LogP contribution in [0.3, 0.4) is 0 Å². The molecule has 0 radical (unpaired) electrons. The molecule has 0 saturated carbocycles. The monoisotopic (exact) mass is 315 g/mol. The van der Waals surface area contributed by atoms with Crippen LogP contribution in [-0.2, 0) is 21.3 Å². The quantitative estimate of drug-likeness (QED) is 0.636. The van der Waals surface area contributed by atoms with Crippen molar-refractivity contribution in [3.63, 3.8) is 0 Å². The topological polar surface area (TPSA) is 80.3 Å². The molecule has 0 aliphatic heterocycles. The zero-order chi connectivity index (χ0) is 15.7. The Bertz CT molecular complexity index is 501. The van der Waals surface area contributed by atoms with Gasteiger partial charge in [0.1, 0.15) is 0 Å². The maximum atomic E-state index is 12.0. The fourth-order valence-corrected chi connectivity index (χ4v) is 2.60. The van der Waals surface area contributed by atoms with Crippen molar-refractivity contribution in [1.29, 1.82) is 0 Å². The summed E-state index contributed by atoms with van der Waals surface area (Å²) >= 11 is 0. The molecule has 0 aromatic carbocycles. The van der Waals surface area contributed by atoms with Crippen molar-refractivity contribution in [2.45, 2.75) is 44.8 Å². The minimum atomic E-state index is -3.53. The van der Waals surface area contributed by atoms with E-state index in [-0.39, 0.29) is 5.03 Å². The van der Waals surface area contributed by atoms with E-state index in [0.717, 1.165) is 5.56 Å². The van der Waals surface area contributed by atoms with E-state index in [1.807, 2.05) is 6.92 Å². The first kappa shape index (κ1) is 18.0. The van der Waals surface area contributed by atoms with Crippen molar-refractivity contribution >= 4 is 10.0 Å². The molecule has 0 aliphatic carbocycles. The third-order valence-electron chi connectivity index (χ3n) is 2.75. The van der Waals surface area contributed by atoms with Crippen LogP contribution in [-0.4, -0.2) is 39.2 Å². The van der Waals surface area contributed by atoms with Crippen LogP contribution in [0, 0.1) is 0 Å². The Morgan fingerprint density at radius 2 is 2.10 bits per heavy atom. The van der Waals surface area contributed by atoms with Gasteiger partial charge in [0.15, 0.2) is 5.03 Å². The number of hydrogen-bond donors (Lipinski definition) is 2. The summed E-state index contributed by atoms with van der Waals surface area (Å²) in [6.07, 6.45) is 2.23. The van der Waals surface area contributed by atoms with E-state index >= 15 is 0 Å². The van der Waals surface area contributed by atoms with Crippen molar-refractivity contribution in [2.24, 2.45) is 0 Å². The minimum Gasteiger partial charge on any atom is -0.382 e. The van der Waals surface area contributed by atoms with Gasteiger partial charge in [-0.05, 0) is 25.0 Å². The van der Waals surface area contributed by atoms with Crippen LogP contribution >= 0.6 is 0 Å². The van der Waals surface area contributed by atoms with Crippen molar-refractivity contribution in [1.82, 2.24) is 15.0 Å². The summed E-state index contributed by atoms with van der Waals surface area (Å²) in [7, 11) is -3.53. The van der Waals surface area contributed by atoms with Gasteiger partial charge in [0.2, 0.25) is 0 Å². The number of nitrogens with zero attached hydrogens (tertiary/aromatic N) is 1. The highest BCUT2D eigenvalue weighted by molar-refractivity contribution is 7.89. The maximum Gasteiger partial charge on any atom is 0.258 e. The summed E-state index contributed by atoms with van der Waals surface area (Å²) in [6, 6.07) is 3.68. The highest BCUT2D eigenvalue weighted by Crippen LogP contribution is 2.06. The van der Waals surface area contributed by atoms with E-state index < -0.39 is 10.0 Å². The molecule has 1 aromatic heterocycles. The second-order valence-electron chi connectivity index (χ2n) is 4.99. The number of ether oxygens (including phenoxy) is 1. The van der Waals surface area contributed by atoms with Crippen LogP contribution in [0.5, 0.6) is 0 Å². The molecule has 1 aromatic rings. The van der Waals surface area contributed by atoms with E-state index in [4.69, 9.17) is 4.74 Å². The normalized spacial score (nSPS) is 12.0. The molecule has 6 nitrogen and oxygen atoms in total. The zero-order valence-corrected chi connectivity index (χ0v) is 13.7. The van der Waals surface area contributed by atoms with Gasteiger partial charge in [-0.2, -0.15) is 0 Å². The average molecular weight is 315 g/mol. The fraction of sp³-hybridized carbons (Fsp3) is 0.643. The highest BCUT2D eigenvalue weighted by Gasteiger charge is 2.14. The molecule has 2 N–H and O–H groups in total. The Labute approximate surface area is 127 Å². The molecule has 0 aliphatic rings. The molecule has 0 bridgehead atoms. The van der Waals surface area contributed by atoms with E-state index in [1.165, 1.54) is 6.07 Å². The summed E-state index contributed by atoms with van der Waals surface area (Å²) < 4.78 is 31.7. The van der Waals surface area contributed by atoms with Gasteiger partial charge < -0.3 is 10.1 Å². The van der Waals surface area contributed by atoms with Crippen molar-refractivity contribution in [3.8, 4) is 0 Å². The second kappa shape index (κ2) is 9.09. The maximum absolute atomic E-state index is 12.0. The smallest absolute Gasteiger partial charge is 0.258 e. The van der Waals surface area contributed by atoms with Crippen LogP contribution in [0.4, 0.5) is 0 Å². The highest BCUT2D eigenvalue weighted by atomic mass is 32.2. The Morgan fingerprint density at radius 1 is 1.33 bits per heavy atom. The first-order valence-electron chi connectivity index (χ1n) is 7.21. The third kappa shape index (κ3) is 6.99. The van der Waals surface area contributed by atoms with Crippen molar-refractivity contribution < 1.29 is 13.2 Å². The molecule has 0 atom stereocenters. The van der Waals surface area contributed by atoms with Crippen LogP contribution in [0.1, 0.15) is 32.8 Å². The fourth-order valence-electron chi connectivity index (χ4n) is 1.60. The van der Waals surface area contributed by atoms with Gasteiger partial charge in [-0.3, -0.25) is 0 Å². The van der Waals surface area contributed by atoms with Crippen LogP contribution in [0.2, 0.25) is 0 Å². The Balaban J connectivity index is 2.51. The number of aromatic nitrogens is 1. The van der Waals surface area contributed by atoms with Crippen LogP contribution in [0.15, 0.2) is 23.4 Å². The summed E-state index contributed by atoms with van der Waals surface area (Å²) in [4.78, 5) is 4.02. The van der Waals surface area contributed by atoms with Gasteiger partial charge in [0.05, 0.1) is 0 Å². The molecule has 0 spiro atoms. The second-order valence-corrected chi connectivity index (χ2v) is 6.70. The van der Waals surface area contributed by atoms with Gasteiger partial charge in [0, 0.05) is 38.5 Å². The summed E-state index contributed by atoms with van der Waals surface area (Å²) in [5.41, 5.74) is 0.957. The minimum absolute atomic E-state index is 0.0483. The molecule has 7 heteroatoms. The summed E-state index contributed by atoms with van der Waals surface area (Å²) in [5.74, 6) is 0. The molecular formula is C14H25N3O3S. The molecular weight excluding hydrogens is 290 g/mol. The standard InChI is InChI=1S/C14H25N3O3S/c1-4-20-9-5-8-17-21(18,19)14-7-6-13(11-16-14)10-15-12(2)3/h6-7,11-12,15,17H,4-5,8-10H2,1-3H3. The molecule has 1 rings (SSSR count). The van der Waals surface area contributed by atoms with Crippen LogP contribution in [0.25, 0.3) is 0 Å². The lowest BCUT2D eigenvalue weighted by atomic mass is 10.2. The number of pyridine rings is 1. The van der Waals surface area contributed by atoms with Gasteiger partial charge in [0.25, 0.3) is 10.0 Å². The third-order valence-corrected chi connectivity index (χ3v) is 4.13. The predicted molar refractivity (Wildman–Crippen MR) is 82.5 cm³/mol. The molecule has 0 saturated heterocycles. The Morgan fingerprint density at radius 3 is 2.67 bits per heavy atom. The molecule has 120 valence electrons. The first-order valence-corrected chi connectivity index (χ1v) is 8.69. The van der Waals surface area contributed by atoms with Gasteiger partial charge in [-0.15, -0.1) is 0 Å². The van der Waals surface area contributed by atoms with Gasteiger partial charge in [-0.25, -0.2) is 18.1 Å². The lowest BCUT2D eigenvalue weighted by molar-refractivity contribution is 0.146. The van der Waals surface area contributed by atoms with E-state index in [2.05, 4.69) is 28.9 Å². The SMILES string of the molecule is CCOCCCNS(=O)(=O)c1ccc(CNC(C)C)cn1. The molecule has 0 fully saturated rings. The van der Waals surface area contributed by atoms with E-state index in [1.54, 1.807) is 12.3 Å². The molecule has 0 amide bonds. The van der Waals surface area contributed by atoms with E-state index in [9.17, 15) is 8.42 Å². The summed E-state index contributed by atoms with van der Waals surface area (Å²) in [6.45, 7) is 8.22. The van der Waals surface area contributed by atoms with Crippen molar-refractivity contribution in [3.05, 3.63) is 23.9 Å². The first-order chi connectivity index (χ1) is 9.95. The van der Waals surface area contributed by atoms with Gasteiger partial charge in [-0.1, -0.05) is 19.9 Å². The Hall–Kier alpha value is -1.02. The number of nitrogens with one attached hydrogen (secondary N) is 2. The Kier molecular flexibility index (Phi) is 7.81. The van der Waals surface area contributed by atoms with Crippen LogP contribution < -0.4 is 10.0 Å². The number of hydrogen-bond acceptors (Lipinski definition) is 5. The molecule has 21 heavy (non-hydrogen) atoms. The van der Waals surface area contributed by atoms with E-state index in [0.29, 0.717) is 38.8 Å². The largest absolute Gasteiger partial charge is 0.382 e. The molecule has 1 heterocycles. The van der Waals surface area contributed by atoms with Crippen molar-refractivity contribution in [2.75, 3.05) is 19.8 Å². The van der Waals surface area contributed by atoms with Gasteiger partial charge >= 0.3 is 0 Å². The molecule has 0 unspecified atom stereocenters. The number of rotatable bonds is 10. The predicted octanol–water partition coefficient (Wildman–Crippen LogP) is 1.28. The lowest BCUT2D eigenvalue weighted by Crippen LogP contribution is -2.26. The zero-order valence-electron chi connectivity index (χ0n) is 12.9. The number of sulfonamides is 1. The average Bonchev–Trinajstić information content (AvgIpc) is 2.45. The lowest BCUT2D eigenvalue weighted by Gasteiger charge is -2.09.